The van der Waals surface area contributed by atoms with Gasteiger partial charge in [-0.15, -0.1) is 26.4 Å². The summed E-state index contributed by atoms with van der Waals surface area (Å²) in [5, 5.41) is 45.5. The molecule has 0 aliphatic heterocycles. The van der Waals surface area contributed by atoms with Crippen molar-refractivity contribution in [2.45, 2.75) is 86.0 Å². The number of hydrogen-bond donors (Lipinski definition) is 1. The SMILES string of the molecule is CC(=O)O.CCCC[O-].CCCC[O-].CCCC[O-].CCCC[O-].[Pb].[Ti]. The Labute approximate surface area is 196 Å². The summed E-state index contributed by atoms with van der Waals surface area (Å²) in [6.45, 7) is 9.51. The van der Waals surface area contributed by atoms with Gasteiger partial charge in [-0.05, 0) is 0 Å². The molecule has 1 N–H and O–H groups in total. The van der Waals surface area contributed by atoms with Gasteiger partial charge in [0.05, 0.1) is 0 Å². The third-order valence-corrected chi connectivity index (χ3v) is 1.99. The monoisotopic (exact) mass is 608 g/mol. The molecular formula is C18H40O6PbTi-4. The van der Waals surface area contributed by atoms with E-state index < -0.39 is 5.97 Å². The van der Waals surface area contributed by atoms with Crippen LogP contribution >= 0.6 is 0 Å². The third kappa shape index (κ3) is 179. The van der Waals surface area contributed by atoms with Gasteiger partial charge in [0.15, 0.2) is 0 Å². The topological polar surface area (TPSA) is 130 Å². The first-order valence-corrected chi connectivity index (χ1v) is 8.91. The smallest absolute Gasteiger partial charge is 0.300 e. The van der Waals surface area contributed by atoms with Crippen LogP contribution in [0.1, 0.15) is 86.0 Å². The first-order chi connectivity index (χ1) is 11.4. The van der Waals surface area contributed by atoms with Crippen molar-refractivity contribution in [1.82, 2.24) is 0 Å². The van der Waals surface area contributed by atoms with Gasteiger partial charge in [0.1, 0.15) is 0 Å². The molecule has 0 aliphatic carbocycles. The first-order valence-electron chi connectivity index (χ1n) is 8.91. The van der Waals surface area contributed by atoms with Gasteiger partial charge < -0.3 is 25.5 Å². The molecule has 26 heavy (non-hydrogen) atoms. The summed E-state index contributed by atoms with van der Waals surface area (Å²) in [5.74, 6) is -0.833. The van der Waals surface area contributed by atoms with Crippen molar-refractivity contribution in [3.05, 3.63) is 0 Å². The second kappa shape index (κ2) is 63.5. The summed E-state index contributed by atoms with van der Waals surface area (Å²) in [6, 6.07) is 0. The van der Waals surface area contributed by atoms with E-state index in [4.69, 9.17) is 9.90 Å². The van der Waals surface area contributed by atoms with Gasteiger partial charge >= 0.3 is 0 Å². The van der Waals surface area contributed by atoms with Gasteiger partial charge in [0.25, 0.3) is 5.97 Å². The van der Waals surface area contributed by atoms with Gasteiger partial charge in [0, 0.05) is 55.9 Å². The quantitative estimate of drug-likeness (QED) is 0.395. The van der Waals surface area contributed by atoms with E-state index in [1.807, 2.05) is 27.7 Å². The molecule has 0 bridgehead atoms. The molecule has 6 nitrogen and oxygen atoms in total. The van der Waals surface area contributed by atoms with Crippen molar-refractivity contribution in [1.29, 1.82) is 0 Å². The molecule has 0 atom stereocenters. The molecule has 160 valence electrons. The van der Waals surface area contributed by atoms with Gasteiger partial charge in [-0.3, -0.25) is 4.79 Å². The minimum absolute atomic E-state index is 0. The summed E-state index contributed by atoms with van der Waals surface area (Å²) in [6.07, 6.45) is 7.46. The number of unbranched alkanes of at least 4 members (excludes halogenated alkanes) is 4. The Morgan fingerprint density at radius 1 is 0.654 bits per heavy atom. The molecule has 0 unspecified atom stereocenters. The van der Waals surface area contributed by atoms with Crippen LogP contribution in [0.3, 0.4) is 0 Å². The van der Waals surface area contributed by atoms with Crippen molar-refractivity contribution >= 4 is 33.3 Å². The van der Waals surface area contributed by atoms with Gasteiger partial charge in [-0.1, -0.05) is 79.1 Å². The predicted molar refractivity (Wildman–Crippen MR) is 98.2 cm³/mol. The number of carboxylic acid groups (broad SMARTS) is 1. The van der Waals surface area contributed by atoms with E-state index in [2.05, 4.69) is 0 Å². The molecule has 0 saturated heterocycles. The molecule has 0 amide bonds. The molecule has 0 aromatic heterocycles. The summed E-state index contributed by atoms with van der Waals surface area (Å²) in [7, 11) is 0. The number of hydrogen-bond acceptors (Lipinski definition) is 5. The third-order valence-electron chi connectivity index (χ3n) is 1.99. The van der Waals surface area contributed by atoms with Crippen LogP contribution in [0.25, 0.3) is 0 Å². The van der Waals surface area contributed by atoms with Crippen LogP contribution in [0.15, 0.2) is 0 Å². The van der Waals surface area contributed by atoms with Gasteiger partial charge in [-0.25, -0.2) is 0 Å². The van der Waals surface area contributed by atoms with Crippen LogP contribution in [0.4, 0.5) is 0 Å². The summed E-state index contributed by atoms with van der Waals surface area (Å²) in [4.78, 5) is 9.00. The zero-order chi connectivity index (χ0) is 20.1. The van der Waals surface area contributed by atoms with E-state index in [-0.39, 0.29) is 75.4 Å². The minimum atomic E-state index is -0.833. The minimum Gasteiger partial charge on any atom is -0.854 e. The Hall–Kier alpha value is 0.946. The zero-order valence-corrected chi connectivity index (χ0v) is 22.9. The molecule has 8 heteroatoms. The van der Waals surface area contributed by atoms with Gasteiger partial charge in [-0.2, -0.15) is 0 Å². The van der Waals surface area contributed by atoms with E-state index >= 15 is 0 Å². The van der Waals surface area contributed by atoms with E-state index in [1.54, 1.807) is 0 Å². The maximum Gasteiger partial charge on any atom is 0.300 e. The van der Waals surface area contributed by atoms with Crippen LogP contribution in [-0.2, 0) is 26.5 Å². The summed E-state index contributed by atoms with van der Waals surface area (Å²) >= 11 is 0. The summed E-state index contributed by atoms with van der Waals surface area (Å²) in [5.41, 5.74) is 0. The molecule has 0 aromatic rings. The normalized spacial score (nSPS) is 7.42. The molecule has 0 aliphatic rings. The van der Waals surface area contributed by atoms with Crippen molar-refractivity contribution < 1.29 is 52.0 Å². The van der Waals surface area contributed by atoms with E-state index in [1.165, 1.54) is 0 Å². The predicted octanol–water partition coefficient (Wildman–Crippen LogP) is 0.295. The van der Waals surface area contributed by atoms with E-state index in [9.17, 15) is 20.4 Å². The number of carbonyl (C=O) groups is 1. The molecule has 0 heterocycles. The van der Waals surface area contributed by atoms with Crippen LogP contribution in [-0.4, -0.2) is 64.8 Å². The van der Waals surface area contributed by atoms with Crippen LogP contribution in [0.2, 0.25) is 0 Å². The first kappa shape index (κ1) is 45.6. The number of rotatable bonds is 8. The van der Waals surface area contributed by atoms with Crippen molar-refractivity contribution in [3.8, 4) is 0 Å². The Morgan fingerprint density at radius 2 is 0.769 bits per heavy atom. The Balaban J connectivity index is -0.0000000341. The largest absolute Gasteiger partial charge is 0.854 e. The van der Waals surface area contributed by atoms with Crippen molar-refractivity contribution in [2.24, 2.45) is 0 Å². The molecular weight excluding hydrogens is 567 g/mol. The fraction of sp³-hybridized carbons (Fsp3) is 0.944. The molecule has 0 spiro atoms. The zero-order valence-electron chi connectivity index (χ0n) is 17.5. The average Bonchev–Trinajstić information content (AvgIpc) is 2.52. The fourth-order valence-corrected chi connectivity index (χ4v) is 0.577. The number of carboxylic acids is 1. The Bertz CT molecular complexity index is 142. The summed E-state index contributed by atoms with van der Waals surface area (Å²) < 4.78 is 0. The second-order valence-corrected chi connectivity index (χ2v) is 4.75. The van der Waals surface area contributed by atoms with E-state index in [0.717, 1.165) is 58.3 Å². The molecule has 0 fully saturated rings. The molecule has 0 rings (SSSR count). The van der Waals surface area contributed by atoms with Crippen LogP contribution in [0.5, 0.6) is 0 Å². The van der Waals surface area contributed by atoms with Gasteiger partial charge in [0.2, 0.25) is 0 Å². The van der Waals surface area contributed by atoms with Crippen molar-refractivity contribution in [3.63, 3.8) is 0 Å². The fourth-order valence-electron chi connectivity index (χ4n) is 0.577. The maximum absolute atomic E-state index is 9.53. The Morgan fingerprint density at radius 3 is 0.769 bits per heavy atom. The molecule has 0 saturated carbocycles. The van der Waals surface area contributed by atoms with E-state index in [0.29, 0.717) is 0 Å². The standard InChI is InChI=1S/4C4H9O.C2H4O2.Pb.Ti/c4*1-2-3-4-5;1-2(3)4;;/h4*2-4H2,1H3;1H3,(H,3,4);;/q4*-1;;;. The second-order valence-electron chi connectivity index (χ2n) is 4.75. The van der Waals surface area contributed by atoms with Crippen LogP contribution < -0.4 is 20.4 Å². The van der Waals surface area contributed by atoms with Crippen molar-refractivity contribution in [2.75, 3.05) is 26.4 Å². The average molecular weight is 608 g/mol. The maximum atomic E-state index is 9.53. The van der Waals surface area contributed by atoms with Crippen LogP contribution in [0, 0.1) is 0 Å². The Kier molecular flexibility index (Phi) is 111. The number of aliphatic carboxylic acids is 1. The molecule has 4 radical (unpaired) electrons. The molecule has 0 aromatic carbocycles.